The van der Waals surface area contributed by atoms with Gasteiger partial charge in [0.2, 0.25) is 6.41 Å². The van der Waals surface area contributed by atoms with Gasteiger partial charge in [0.05, 0.1) is 13.7 Å². The van der Waals surface area contributed by atoms with Crippen molar-refractivity contribution in [3.05, 3.63) is 64.7 Å². The molecule has 0 saturated heterocycles. The fraction of sp³-hybridized carbons (Fsp3) is 0.261. The number of methoxy groups -OCH3 is 1. The van der Waals surface area contributed by atoms with Crippen molar-refractivity contribution in [2.24, 2.45) is 0 Å². The van der Waals surface area contributed by atoms with E-state index in [1.54, 1.807) is 18.2 Å². The van der Waals surface area contributed by atoms with E-state index in [2.05, 4.69) is 17.2 Å². The number of urea groups is 1. The molecule has 0 unspecified atom stereocenters. The average molecular weight is 491 g/mol. The highest BCUT2D eigenvalue weighted by molar-refractivity contribution is 5.98. The zero-order valence-electron chi connectivity index (χ0n) is 18.2. The molecule has 0 spiro atoms. The van der Waals surface area contributed by atoms with Crippen molar-refractivity contribution in [1.29, 1.82) is 0 Å². The number of nitrogens with one attached hydrogen (secondary N) is 2. The Labute approximate surface area is 197 Å². The first-order valence-electron chi connectivity index (χ1n) is 10.1. The number of hydrogen-bond acceptors (Lipinski definition) is 6. The molecule has 184 valence electrons. The second-order valence-corrected chi connectivity index (χ2v) is 7.51. The van der Waals surface area contributed by atoms with E-state index in [1.165, 1.54) is 12.0 Å². The number of alkyl halides is 3. The van der Waals surface area contributed by atoms with Crippen LogP contribution in [0.15, 0.2) is 42.5 Å². The first kappa shape index (κ1) is 25.5. The van der Waals surface area contributed by atoms with Crippen LogP contribution in [0.3, 0.4) is 0 Å². The van der Waals surface area contributed by atoms with Crippen molar-refractivity contribution >= 4 is 18.3 Å². The van der Waals surface area contributed by atoms with E-state index in [1.807, 2.05) is 5.32 Å². The van der Waals surface area contributed by atoms with Gasteiger partial charge in [-0.1, -0.05) is 30.0 Å². The Bertz CT molecular complexity index is 1190. The second kappa shape index (κ2) is 10.0. The van der Waals surface area contributed by atoms with Crippen molar-refractivity contribution in [2.75, 3.05) is 13.7 Å². The van der Waals surface area contributed by atoms with Crippen LogP contribution in [-0.2, 0) is 17.1 Å². The summed E-state index contributed by atoms with van der Waals surface area (Å²) >= 11 is 0. The summed E-state index contributed by atoms with van der Waals surface area (Å²) in [6.45, 7) is 0.187. The number of hydrogen-bond donors (Lipinski definition) is 4. The summed E-state index contributed by atoms with van der Waals surface area (Å²) in [5.41, 5.74) is 0.586. The number of benzene rings is 2. The molecule has 3 rings (SSSR count). The molecular weight excluding hydrogens is 471 g/mol. The molecule has 4 N–H and O–H groups in total. The molecule has 0 fully saturated rings. The van der Waals surface area contributed by atoms with Gasteiger partial charge in [-0.2, -0.15) is 13.2 Å². The normalized spacial score (nSPS) is 13.9. The van der Waals surface area contributed by atoms with Crippen LogP contribution in [0.4, 0.5) is 18.0 Å². The Balaban J connectivity index is 1.80. The minimum Gasteiger partial charge on any atom is -0.497 e. The Morgan fingerprint density at radius 3 is 2.51 bits per heavy atom. The van der Waals surface area contributed by atoms with Crippen LogP contribution in [-0.4, -0.2) is 59.3 Å². The molecule has 1 heterocycles. The topological polar surface area (TPSA) is 128 Å². The van der Waals surface area contributed by atoms with Gasteiger partial charge < -0.3 is 25.2 Å². The maximum atomic E-state index is 12.8. The Hall–Kier alpha value is -4.08. The van der Waals surface area contributed by atoms with Crippen molar-refractivity contribution in [2.45, 2.75) is 24.6 Å². The molecule has 2 aromatic carbocycles. The molecule has 0 aliphatic carbocycles. The Morgan fingerprint density at radius 2 is 1.91 bits per heavy atom. The lowest BCUT2D eigenvalue weighted by atomic mass is 10.0. The number of nitrogens with zero attached hydrogens (tertiary/aromatic N) is 1. The number of aliphatic hydroxyl groups is 2. The fourth-order valence-corrected chi connectivity index (χ4v) is 3.34. The van der Waals surface area contributed by atoms with Gasteiger partial charge in [-0.25, -0.2) is 4.79 Å². The highest BCUT2D eigenvalue weighted by Gasteiger charge is 2.54. The highest BCUT2D eigenvalue weighted by Crippen LogP contribution is 2.36. The second-order valence-electron chi connectivity index (χ2n) is 7.51. The minimum absolute atomic E-state index is 0.0579. The maximum absolute atomic E-state index is 12.8. The van der Waals surface area contributed by atoms with Gasteiger partial charge in [-0.15, -0.1) is 0 Å². The van der Waals surface area contributed by atoms with Crippen LogP contribution in [0.2, 0.25) is 0 Å². The lowest BCUT2D eigenvalue weighted by Gasteiger charge is -2.24. The molecule has 2 aromatic rings. The summed E-state index contributed by atoms with van der Waals surface area (Å²) in [5.74, 6) is 1.52. The van der Waals surface area contributed by atoms with Gasteiger partial charge in [0.1, 0.15) is 11.8 Å². The average Bonchev–Trinajstić information content (AvgIpc) is 3.11. The largest absolute Gasteiger partial charge is 0.497 e. The van der Waals surface area contributed by atoms with Crippen molar-refractivity contribution in [1.82, 2.24) is 15.5 Å². The van der Waals surface area contributed by atoms with Gasteiger partial charge in [-0.3, -0.25) is 14.9 Å². The molecule has 1 aliphatic heterocycles. The zero-order chi connectivity index (χ0) is 25.8. The fourth-order valence-electron chi connectivity index (χ4n) is 3.34. The zero-order valence-corrected chi connectivity index (χ0v) is 18.2. The van der Waals surface area contributed by atoms with Crippen LogP contribution in [0.25, 0.3) is 0 Å². The number of rotatable bonds is 6. The molecule has 35 heavy (non-hydrogen) atoms. The van der Waals surface area contributed by atoms with Crippen LogP contribution in [0.1, 0.15) is 27.0 Å². The van der Waals surface area contributed by atoms with Crippen LogP contribution in [0.5, 0.6) is 5.75 Å². The maximum Gasteiger partial charge on any atom is 0.447 e. The SMILES string of the molecule is COc1ccc2c(c1)C(=O)N(C[C@@H](C#Cc1ccc(C(O)(O)C(F)(F)F)cc1)NC(=O)NC=O)C2. The summed E-state index contributed by atoms with van der Waals surface area (Å²) < 4.78 is 43.5. The van der Waals surface area contributed by atoms with Gasteiger partial charge in [0, 0.05) is 23.2 Å². The number of carbonyl (C=O) groups excluding carboxylic acids is 3. The molecule has 0 saturated carbocycles. The summed E-state index contributed by atoms with van der Waals surface area (Å²) in [7, 11) is 1.47. The van der Waals surface area contributed by atoms with Gasteiger partial charge >= 0.3 is 12.2 Å². The quantitative estimate of drug-likeness (QED) is 0.273. The summed E-state index contributed by atoms with van der Waals surface area (Å²) in [4.78, 5) is 36.7. The number of imide groups is 1. The van der Waals surface area contributed by atoms with Gasteiger partial charge in [0.25, 0.3) is 11.7 Å². The van der Waals surface area contributed by atoms with Crippen LogP contribution < -0.4 is 15.4 Å². The van der Waals surface area contributed by atoms with Crippen molar-refractivity contribution in [3.8, 4) is 17.6 Å². The van der Waals surface area contributed by atoms with E-state index in [0.29, 0.717) is 11.3 Å². The lowest BCUT2D eigenvalue weighted by molar-refractivity contribution is -0.358. The summed E-state index contributed by atoms with van der Waals surface area (Å²) in [5, 5.41) is 23.0. The number of halogens is 3. The smallest absolute Gasteiger partial charge is 0.447 e. The first-order chi connectivity index (χ1) is 16.5. The standard InChI is InChI=1S/C23H20F3N3O6/c1-35-18-9-5-15-11-29(20(31)19(15)10-18)12-17(28-21(32)27-13-30)8-4-14-2-6-16(7-3-14)22(33,34)23(24,25)26/h2-3,5-7,9-10,13,17,33-34H,11-12H2,1H3,(H2,27,28,30,32)/t17-/m1/s1. The molecule has 1 atom stereocenters. The Kier molecular flexibility index (Phi) is 7.33. The Morgan fingerprint density at radius 1 is 1.23 bits per heavy atom. The first-order valence-corrected chi connectivity index (χ1v) is 10.1. The molecular formula is C23H20F3N3O6. The lowest BCUT2D eigenvalue weighted by Crippen LogP contribution is -2.46. The van der Waals surface area contributed by atoms with Crippen molar-refractivity contribution in [3.63, 3.8) is 0 Å². The van der Waals surface area contributed by atoms with E-state index in [9.17, 15) is 37.8 Å². The van der Waals surface area contributed by atoms with E-state index < -0.39 is 29.6 Å². The number of amides is 4. The van der Waals surface area contributed by atoms with Crippen LogP contribution >= 0.6 is 0 Å². The number of carbonyl (C=O) groups is 3. The third-order valence-corrected chi connectivity index (χ3v) is 5.17. The molecule has 0 bridgehead atoms. The molecule has 9 nitrogen and oxygen atoms in total. The van der Waals surface area contributed by atoms with Crippen LogP contribution in [0, 0.1) is 11.8 Å². The molecule has 0 aromatic heterocycles. The molecule has 0 radical (unpaired) electrons. The minimum atomic E-state index is -5.30. The van der Waals surface area contributed by atoms with E-state index in [4.69, 9.17) is 4.74 Å². The van der Waals surface area contributed by atoms with Gasteiger partial charge in [-0.05, 0) is 29.8 Å². The van der Waals surface area contributed by atoms with E-state index in [-0.39, 0.29) is 31.0 Å². The summed E-state index contributed by atoms with van der Waals surface area (Å²) in [6.07, 6.45) is -5.14. The summed E-state index contributed by atoms with van der Waals surface area (Å²) in [6, 6.07) is 7.20. The highest BCUT2D eigenvalue weighted by atomic mass is 19.4. The predicted octanol–water partition coefficient (Wildman–Crippen LogP) is 1.23. The molecule has 4 amide bonds. The molecule has 1 aliphatic rings. The number of fused-ring (bicyclic) bond motifs is 1. The predicted molar refractivity (Wildman–Crippen MR) is 115 cm³/mol. The van der Waals surface area contributed by atoms with Gasteiger partial charge in [0.15, 0.2) is 0 Å². The third kappa shape index (κ3) is 5.71. The van der Waals surface area contributed by atoms with Crippen molar-refractivity contribution < 1.29 is 42.5 Å². The van der Waals surface area contributed by atoms with E-state index in [0.717, 1.165) is 29.8 Å². The van der Waals surface area contributed by atoms with E-state index >= 15 is 0 Å². The third-order valence-electron chi connectivity index (χ3n) is 5.17. The monoisotopic (exact) mass is 491 g/mol. The molecule has 12 heteroatoms. The number of ether oxygens (including phenoxy) is 1.